The number of aromatic amines is 1. The molecule has 2 aromatic carbocycles. The molecule has 0 saturated carbocycles. The van der Waals surface area contributed by atoms with Crippen LogP contribution < -0.4 is 20.8 Å². The number of amides is 2. The Labute approximate surface area is 247 Å². The van der Waals surface area contributed by atoms with Crippen molar-refractivity contribution in [3.05, 3.63) is 118 Å². The number of carbonyl (C=O) groups excluding carboxylic acids is 2. The molecule has 0 aliphatic carbocycles. The van der Waals surface area contributed by atoms with E-state index in [-0.39, 0.29) is 18.0 Å². The summed E-state index contributed by atoms with van der Waals surface area (Å²) in [5, 5.41) is 10.3. The van der Waals surface area contributed by atoms with Crippen LogP contribution in [-0.4, -0.2) is 37.2 Å². The molecule has 11 heteroatoms. The van der Waals surface area contributed by atoms with Crippen LogP contribution in [0.1, 0.15) is 35.9 Å². The van der Waals surface area contributed by atoms with Gasteiger partial charge in [-0.05, 0) is 79.1 Å². The monoisotopic (exact) mass is 584 g/mol. The third-order valence-corrected chi connectivity index (χ3v) is 7.32. The number of nitrogens with one attached hydrogen (secondary N) is 3. The van der Waals surface area contributed by atoms with Gasteiger partial charge in [0.2, 0.25) is 12.2 Å². The standard InChI is InChI=1S/C31H30ClN7O3/c1-20(2)39-18-22(5-11-29(39)40)21-4-10-26(32)23(16-21)17-27(36-31(42)28-12-13-34-37(28)3)30(41)35-24-6-8-25(9-7-24)38-15-14-33-19-38/h4-16,18-20,27H,17H2,1-3H3,(H2,35,36,41,42)/p+1. The summed E-state index contributed by atoms with van der Waals surface area (Å²) in [6.07, 6.45) is 8.96. The minimum absolute atomic E-state index is 0.00445. The van der Waals surface area contributed by atoms with Crippen LogP contribution in [0.4, 0.5) is 5.69 Å². The van der Waals surface area contributed by atoms with E-state index in [1.807, 2.05) is 67.6 Å². The van der Waals surface area contributed by atoms with Gasteiger partial charge in [0, 0.05) is 48.7 Å². The molecule has 0 aliphatic heterocycles. The summed E-state index contributed by atoms with van der Waals surface area (Å²) < 4.78 is 5.01. The van der Waals surface area contributed by atoms with E-state index in [0.717, 1.165) is 16.8 Å². The highest BCUT2D eigenvalue weighted by atomic mass is 35.5. The first-order valence-corrected chi connectivity index (χ1v) is 13.8. The maximum atomic E-state index is 13.6. The van der Waals surface area contributed by atoms with Crippen LogP contribution in [0.3, 0.4) is 0 Å². The lowest BCUT2D eigenvalue weighted by molar-refractivity contribution is -0.594. The molecule has 0 spiro atoms. The van der Waals surface area contributed by atoms with Gasteiger partial charge >= 0.3 is 0 Å². The van der Waals surface area contributed by atoms with E-state index in [1.165, 1.54) is 16.9 Å². The molecule has 5 rings (SSSR count). The number of anilines is 1. The minimum Gasteiger partial charge on any atom is -0.339 e. The molecule has 3 N–H and O–H groups in total. The van der Waals surface area contributed by atoms with Gasteiger partial charge in [-0.15, -0.1) is 0 Å². The first-order valence-electron chi connectivity index (χ1n) is 13.4. The zero-order valence-corrected chi connectivity index (χ0v) is 24.2. The molecular weight excluding hydrogens is 554 g/mol. The van der Waals surface area contributed by atoms with Gasteiger partial charge in [0.15, 0.2) is 0 Å². The molecular formula is C31H31ClN7O3+. The lowest BCUT2D eigenvalue weighted by Crippen LogP contribution is -2.45. The van der Waals surface area contributed by atoms with E-state index in [1.54, 1.807) is 41.9 Å². The summed E-state index contributed by atoms with van der Waals surface area (Å²) in [7, 11) is 1.66. The van der Waals surface area contributed by atoms with Gasteiger partial charge in [0.05, 0.1) is 0 Å². The first-order chi connectivity index (χ1) is 20.2. The van der Waals surface area contributed by atoms with Gasteiger partial charge < -0.3 is 15.2 Å². The van der Waals surface area contributed by atoms with Gasteiger partial charge in [-0.3, -0.25) is 19.1 Å². The van der Waals surface area contributed by atoms with Crippen LogP contribution in [0.25, 0.3) is 16.8 Å². The Morgan fingerprint density at radius 1 is 1.05 bits per heavy atom. The summed E-state index contributed by atoms with van der Waals surface area (Å²) >= 11 is 6.61. The molecule has 1 atom stereocenters. The highest BCUT2D eigenvalue weighted by Crippen LogP contribution is 2.26. The molecule has 42 heavy (non-hydrogen) atoms. The van der Waals surface area contributed by atoms with Crippen molar-refractivity contribution in [1.82, 2.24) is 24.6 Å². The minimum atomic E-state index is -0.955. The number of aromatic nitrogens is 5. The second-order valence-corrected chi connectivity index (χ2v) is 10.6. The predicted octanol–water partition coefficient (Wildman–Crippen LogP) is 4.07. The second kappa shape index (κ2) is 12.3. The highest BCUT2D eigenvalue weighted by molar-refractivity contribution is 6.31. The van der Waals surface area contributed by atoms with Gasteiger partial charge in [-0.25, -0.2) is 9.55 Å². The molecule has 0 saturated heterocycles. The number of hydrogen-bond donors (Lipinski definition) is 3. The average Bonchev–Trinajstić information content (AvgIpc) is 3.66. The topological polar surface area (TPSA) is 118 Å². The Morgan fingerprint density at radius 2 is 1.81 bits per heavy atom. The molecule has 2 amide bonds. The maximum Gasteiger partial charge on any atom is 0.270 e. The van der Waals surface area contributed by atoms with Crippen molar-refractivity contribution in [2.75, 3.05) is 5.32 Å². The molecule has 5 aromatic rings. The van der Waals surface area contributed by atoms with Crippen LogP contribution in [0.15, 0.2) is 96.6 Å². The van der Waals surface area contributed by atoms with Gasteiger partial charge in [0.25, 0.3) is 11.5 Å². The molecule has 0 aliphatic rings. The van der Waals surface area contributed by atoms with Crippen molar-refractivity contribution in [1.29, 1.82) is 0 Å². The number of hydrogen-bond acceptors (Lipinski definition) is 4. The molecule has 3 heterocycles. The summed E-state index contributed by atoms with van der Waals surface area (Å²) in [6, 6.07) is 16.8. The fourth-order valence-corrected chi connectivity index (χ4v) is 4.84. The van der Waals surface area contributed by atoms with Crippen LogP contribution in [0.5, 0.6) is 0 Å². The SMILES string of the molecule is CC(C)n1cc(-c2ccc(Cl)c(CC(NC(=O)c3ccnn3C)C(=O)Nc3ccc(-[n+]4cc[nH]c4)cc3)c2)ccc1=O. The number of imidazole rings is 1. The molecule has 10 nitrogen and oxygen atoms in total. The predicted molar refractivity (Wildman–Crippen MR) is 161 cm³/mol. The molecule has 3 aromatic heterocycles. The molecule has 0 fully saturated rings. The fraction of sp³-hybridized carbons (Fsp3) is 0.194. The summed E-state index contributed by atoms with van der Waals surface area (Å²) in [5.41, 5.74) is 4.06. The van der Waals surface area contributed by atoms with E-state index in [9.17, 15) is 14.4 Å². The van der Waals surface area contributed by atoms with Crippen LogP contribution in [-0.2, 0) is 18.3 Å². The molecule has 214 valence electrons. The van der Waals surface area contributed by atoms with Gasteiger partial charge in [-0.2, -0.15) is 5.10 Å². The molecule has 0 bridgehead atoms. The number of benzene rings is 2. The Balaban J connectivity index is 1.43. The zero-order chi connectivity index (χ0) is 29.8. The third-order valence-electron chi connectivity index (χ3n) is 6.95. The smallest absolute Gasteiger partial charge is 0.270 e. The number of nitrogens with zero attached hydrogens (tertiary/aromatic N) is 4. The van der Waals surface area contributed by atoms with Crippen molar-refractivity contribution in [2.24, 2.45) is 7.05 Å². The van der Waals surface area contributed by atoms with E-state index in [4.69, 9.17) is 11.6 Å². The van der Waals surface area contributed by atoms with Gasteiger partial charge in [-0.1, -0.05) is 17.7 Å². The van der Waals surface area contributed by atoms with E-state index in [2.05, 4.69) is 20.7 Å². The number of rotatable bonds is 9. The number of pyridine rings is 1. The van der Waals surface area contributed by atoms with E-state index < -0.39 is 17.9 Å². The van der Waals surface area contributed by atoms with Gasteiger partial charge in [0.1, 0.15) is 29.8 Å². The average molecular weight is 585 g/mol. The van der Waals surface area contributed by atoms with Crippen LogP contribution >= 0.6 is 11.6 Å². The summed E-state index contributed by atoms with van der Waals surface area (Å²) in [6.45, 7) is 3.89. The fourth-order valence-electron chi connectivity index (χ4n) is 4.64. The van der Waals surface area contributed by atoms with Crippen molar-refractivity contribution in [3.8, 4) is 16.8 Å². The quantitative estimate of drug-likeness (QED) is 0.226. The van der Waals surface area contributed by atoms with Crippen molar-refractivity contribution in [2.45, 2.75) is 32.4 Å². The Bertz CT molecular complexity index is 1770. The Morgan fingerprint density at radius 3 is 2.48 bits per heavy atom. The number of aryl methyl sites for hydroxylation is 1. The van der Waals surface area contributed by atoms with Crippen molar-refractivity contribution in [3.63, 3.8) is 0 Å². The van der Waals surface area contributed by atoms with Crippen LogP contribution in [0.2, 0.25) is 5.02 Å². The lowest BCUT2D eigenvalue weighted by atomic mass is 9.99. The van der Waals surface area contributed by atoms with Crippen LogP contribution in [0, 0.1) is 0 Å². The normalized spacial score (nSPS) is 11.8. The van der Waals surface area contributed by atoms with E-state index in [0.29, 0.717) is 22.0 Å². The number of carbonyl (C=O) groups is 2. The lowest BCUT2D eigenvalue weighted by Gasteiger charge is -2.20. The molecule has 0 radical (unpaired) electrons. The van der Waals surface area contributed by atoms with Crippen molar-refractivity contribution >= 4 is 29.1 Å². The second-order valence-electron chi connectivity index (χ2n) is 10.2. The Hall–Kier alpha value is -4.96. The number of H-pyrrole nitrogens is 1. The Kier molecular flexibility index (Phi) is 8.35. The van der Waals surface area contributed by atoms with Crippen molar-refractivity contribution < 1.29 is 14.2 Å². The summed E-state index contributed by atoms with van der Waals surface area (Å²) in [4.78, 5) is 42.0. The highest BCUT2D eigenvalue weighted by Gasteiger charge is 2.25. The zero-order valence-electron chi connectivity index (χ0n) is 23.4. The summed E-state index contributed by atoms with van der Waals surface area (Å²) in [5.74, 6) is -0.840. The molecule has 1 unspecified atom stereocenters. The number of halogens is 1. The largest absolute Gasteiger partial charge is 0.339 e. The maximum absolute atomic E-state index is 13.6. The third kappa shape index (κ3) is 6.34. The first kappa shape index (κ1) is 28.6. The van der Waals surface area contributed by atoms with E-state index >= 15 is 0 Å².